The third-order valence-electron chi connectivity index (χ3n) is 4.37. The fraction of sp³-hybridized carbons (Fsp3) is 0.368. The van der Waals surface area contributed by atoms with Crippen molar-refractivity contribution in [2.75, 3.05) is 5.73 Å². The summed E-state index contributed by atoms with van der Waals surface area (Å²) < 4.78 is 0. The highest BCUT2D eigenvalue weighted by molar-refractivity contribution is 5.46. The van der Waals surface area contributed by atoms with Gasteiger partial charge < -0.3 is 5.73 Å². The molecule has 110 valence electrons. The summed E-state index contributed by atoms with van der Waals surface area (Å²) in [7, 11) is 0. The smallest absolute Gasteiger partial charge is 0.0359 e. The summed E-state index contributed by atoms with van der Waals surface area (Å²) in [5.41, 5.74) is 12.4. The van der Waals surface area contributed by atoms with Crippen molar-refractivity contribution in [2.45, 2.75) is 45.8 Å². The minimum absolute atomic E-state index is 0.726. The molecule has 0 bridgehead atoms. The Morgan fingerprint density at radius 2 is 1.71 bits per heavy atom. The lowest BCUT2D eigenvalue weighted by atomic mass is 10.0. The molecule has 0 saturated heterocycles. The van der Waals surface area contributed by atoms with E-state index in [4.69, 9.17) is 5.73 Å². The van der Waals surface area contributed by atoms with Gasteiger partial charge in [0.05, 0.1) is 0 Å². The lowest BCUT2D eigenvalue weighted by Crippen LogP contribution is -2.26. The monoisotopic (exact) mass is 280 g/mol. The number of nitrogens with two attached hydrogens (primary N) is 1. The summed E-state index contributed by atoms with van der Waals surface area (Å²) in [6, 6.07) is 15.7. The minimum atomic E-state index is 0.726. The first-order chi connectivity index (χ1) is 10.1. The van der Waals surface area contributed by atoms with Gasteiger partial charge in [0.1, 0.15) is 0 Å². The molecule has 2 aromatic carbocycles. The summed E-state index contributed by atoms with van der Waals surface area (Å²) in [5.74, 6) is 0. The number of nitrogens with zero attached hydrogens (tertiary/aromatic N) is 1. The summed E-state index contributed by atoms with van der Waals surface area (Å²) in [5, 5.41) is 0. The molecule has 0 heterocycles. The molecule has 1 fully saturated rings. The molecule has 0 aliphatic heterocycles. The van der Waals surface area contributed by atoms with Gasteiger partial charge >= 0.3 is 0 Å². The maximum atomic E-state index is 6.11. The normalized spacial score (nSPS) is 14.6. The molecule has 1 aliphatic rings. The highest BCUT2D eigenvalue weighted by atomic mass is 15.2. The average molecular weight is 280 g/mol. The number of para-hydroxylation sites is 1. The summed E-state index contributed by atoms with van der Waals surface area (Å²) >= 11 is 0. The van der Waals surface area contributed by atoms with E-state index in [2.05, 4.69) is 49.1 Å². The molecule has 2 aromatic rings. The van der Waals surface area contributed by atoms with Crippen LogP contribution >= 0.6 is 0 Å². The predicted molar refractivity (Wildman–Crippen MR) is 89.0 cm³/mol. The zero-order chi connectivity index (χ0) is 14.8. The Hall–Kier alpha value is -1.80. The van der Waals surface area contributed by atoms with Crippen LogP contribution in [0, 0.1) is 13.8 Å². The zero-order valence-electron chi connectivity index (χ0n) is 13.0. The van der Waals surface area contributed by atoms with E-state index in [1.807, 2.05) is 12.1 Å². The fourth-order valence-corrected chi connectivity index (χ4v) is 2.84. The van der Waals surface area contributed by atoms with Crippen LogP contribution in [0.25, 0.3) is 0 Å². The Kier molecular flexibility index (Phi) is 3.98. The number of hydrogen-bond donors (Lipinski definition) is 1. The number of benzene rings is 2. The summed E-state index contributed by atoms with van der Waals surface area (Å²) in [6.45, 7) is 6.34. The van der Waals surface area contributed by atoms with Crippen molar-refractivity contribution in [3.05, 3.63) is 64.7 Å². The lowest BCUT2D eigenvalue weighted by molar-refractivity contribution is 0.245. The molecular formula is C19H24N2. The molecule has 0 amide bonds. The SMILES string of the molecule is Cc1ccc(C)c(CN(Cc2ccccc2N)C2CC2)c1. The van der Waals surface area contributed by atoms with Crippen LogP contribution in [0.2, 0.25) is 0 Å². The first kappa shape index (κ1) is 14.2. The molecule has 2 N–H and O–H groups in total. The molecule has 0 spiro atoms. The lowest BCUT2D eigenvalue weighted by Gasteiger charge is -2.24. The Bertz CT molecular complexity index is 629. The molecule has 1 saturated carbocycles. The van der Waals surface area contributed by atoms with Crippen molar-refractivity contribution in [1.82, 2.24) is 4.90 Å². The van der Waals surface area contributed by atoms with Crippen molar-refractivity contribution in [2.24, 2.45) is 0 Å². The quantitative estimate of drug-likeness (QED) is 0.837. The van der Waals surface area contributed by atoms with E-state index in [-0.39, 0.29) is 0 Å². The molecule has 0 atom stereocenters. The molecule has 2 nitrogen and oxygen atoms in total. The zero-order valence-corrected chi connectivity index (χ0v) is 13.0. The first-order valence-electron chi connectivity index (χ1n) is 7.77. The maximum absolute atomic E-state index is 6.11. The van der Waals surface area contributed by atoms with Gasteiger partial charge in [-0.2, -0.15) is 0 Å². The number of anilines is 1. The fourth-order valence-electron chi connectivity index (χ4n) is 2.84. The Morgan fingerprint density at radius 1 is 1.00 bits per heavy atom. The largest absolute Gasteiger partial charge is 0.398 e. The number of aryl methyl sites for hydroxylation is 2. The topological polar surface area (TPSA) is 29.3 Å². The van der Waals surface area contributed by atoms with E-state index in [9.17, 15) is 0 Å². The van der Waals surface area contributed by atoms with Crippen molar-refractivity contribution in [3.63, 3.8) is 0 Å². The van der Waals surface area contributed by atoms with Gasteiger partial charge in [-0.05, 0) is 49.4 Å². The van der Waals surface area contributed by atoms with Crippen molar-refractivity contribution in [1.29, 1.82) is 0 Å². The van der Waals surface area contributed by atoms with Gasteiger partial charge in [0, 0.05) is 24.8 Å². The first-order valence-corrected chi connectivity index (χ1v) is 7.77. The van der Waals surface area contributed by atoms with Crippen LogP contribution in [-0.4, -0.2) is 10.9 Å². The second-order valence-electron chi connectivity index (χ2n) is 6.26. The van der Waals surface area contributed by atoms with E-state index >= 15 is 0 Å². The van der Waals surface area contributed by atoms with Gasteiger partial charge in [0.15, 0.2) is 0 Å². The van der Waals surface area contributed by atoms with Crippen LogP contribution < -0.4 is 5.73 Å². The van der Waals surface area contributed by atoms with Gasteiger partial charge in [-0.25, -0.2) is 0 Å². The number of nitrogen functional groups attached to an aromatic ring is 1. The Balaban J connectivity index is 1.79. The third-order valence-corrected chi connectivity index (χ3v) is 4.37. The second kappa shape index (κ2) is 5.90. The van der Waals surface area contributed by atoms with E-state index in [1.165, 1.54) is 35.1 Å². The predicted octanol–water partition coefficient (Wildman–Crippen LogP) is 4.05. The van der Waals surface area contributed by atoms with E-state index in [1.54, 1.807) is 0 Å². The van der Waals surface area contributed by atoms with Crippen LogP contribution in [0.5, 0.6) is 0 Å². The highest BCUT2D eigenvalue weighted by Gasteiger charge is 2.29. The van der Waals surface area contributed by atoms with Gasteiger partial charge in [0.25, 0.3) is 0 Å². The van der Waals surface area contributed by atoms with Crippen LogP contribution in [0.4, 0.5) is 5.69 Å². The molecule has 1 aliphatic carbocycles. The second-order valence-corrected chi connectivity index (χ2v) is 6.26. The van der Waals surface area contributed by atoms with E-state index in [0.29, 0.717) is 0 Å². The van der Waals surface area contributed by atoms with Crippen LogP contribution in [0.15, 0.2) is 42.5 Å². The van der Waals surface area contributed by atoms with E-state index in [0.717, 1.165) is 24.8 Å². The maximum Gasteiger partial charge on any atom is 0.0359 e. The standard InChI is InChI=1S/C19H24N2/c1-14-7-8-15(2)17(11-14)13-21(18-9-10-18)12-16-5-3-4-6-19(16)20/h3-8,11,18H,9-10,12-13,20H2,1-2H3. The van der Waals surface area contributed by atoms with Crippen molar-refractivity contribution in [3.8, 4) is 0 Å². The van der Waals surface area contributed by atoms with Crippen LogP contribution in [0.3, 0.4) is 0 Å². The molecular weight excluding hydrogens is 256 g/mol. The summed E-state index contributed by atoms with van der Waals surface area (Å²) in [6.07, 6.45) is 2.63. The average Bonchev–Trinajstić information content (AvgIpc) is 3.29. The minimum Gasteiger partial charge on any atom is -0.398 e. The molecule has 3 rings (SSSR count). The molecule has 0 aromatic heterocycles. The molecule has 21 heavy (non-hydrogen) atoms. The Labute approximate surface area is 127 Å². The van der Waals surface area contributed by atoms with Gasteiger partial charge in [0.2, 0.25) is 0 Å². The number of hydrogen-bond acceptors (Lipinski definition) is 2. The highest BCUT2D eigenvalue weighted by Crippen LogP contribution is 2.31. The van der Waals surface area contributed by atoms with Crippen molar-refractivity contribution >= 4 is 5.69 Å². The molecule has 2 heteroatoms. The number of rotatable bonds is 5. The Morgan fingerprint density at radius 3 is 2.43 bits per heavy atom. The van der Waals surface area contributed by atoms with Crippen LogP contribution in [-0.2, 0) is 13.1 Å². The molecule has 0 unspecified atom stereocenters. The van der Waals surface area contributed by atoms with Gasteiger partial charge in [-0.1, -0.05) is 42.0 Å². The third kappa shape index (κ3) is 3.45. The van der Waals surface area contributed by atoms with Crippen LogP contribution in [0.1, 0.15) is 35.1 Å². The van der Waals surface area contributed by atoms with Crippen molar-refractivity contribution < 1.29 is 0 Å². The van der Waals surface area contributed by atoms with E-state index < -0.39 is 0 Å². The van der Waals surface area contributed by atoms with Gasteiger partial charge in [-0.15, -0.1) is 0 Å². The van der Waals surface area contributed by atoms with Gasteiger partial charge in [-0.3, -0.25) is 4.90 Å². The molecule has 0 radical (unpaired) electrons. The summed E-state index contributed by atoms with van der Waals surface area (Å²) in [4.78, 5) is 2.58.